The Morgan fingerprint density at radius 2 is 2.25 bits per heavy atom. The number of nitrogens with two attached hydrogens (primary N) is 2. The maximum atomic E-state index is 11.0. The molecule has 0 saturated carbocycles. The van der Waals surface area contributed by atoms with Crippen LogP contribution in [0.4, 0.5) is 5.69 Å². The average Bonchev–Trinajstić information content (AvgIpc) is 3.09. The van der Waals surface area contributed by atoms with E-state index >= 15 is 0 Å². The number of thioether (sulfide) groups is 1. The number of non-ortho nitro benzene ring substituents is 1. The Hall–Kier alpha value is -2.59. The quantitative estimate of drug-likeness (QED) is 0.364. The molecule has 0 radical (unpaired) electrons. The van der Waals surface area contributed by atoms with Crippen LogP contribution in [0.2, 0.25) is 0 Å². The van der Waals surface area contributed by atoms with Crippen LogP contribution in [0.15, 0.2) is 39.6 Å². The van der Waals surface area contributed by atoms with E-state index in [2.05, 4.69) is 15.2 Å². The third kappa shape index (κ3) is 3.49. The number of rotatable bonds is 4. The molecular weight excluding hydrogens is 354 g/mol. The summed E-state index contributed by atoms with van der Waals surface area (Å²) in [5.41, 5.74) is 12.5. The summed E-state index contributed by atoms with van der Waals surface area (Å²) in [5.74, 6) is 0.773. The normalized spacial score (nSPS) is 12.7. The third-order valence-electron chi connectivity index (χ3n) is 3.20. The van der Waals surface area contributed by atoms with Crippen molar-refractivity contribution in [3.8, 4) is 11.3 Å². The fourth-order valence-electron chi connectivity index (χ4n) is 2.26. The van der Waals surface area contributed by atoms with Gasteiger partial charge in [-0.05, 0) is 0 Å². The number of fused-ring (bicyclic) bond motifs is 1. The largest absolute Gasteiger partial charge is 0.369 e. The second kappa shape index (κ2) is 7.32. The van der Waals surface area contributed by atoms with E-state index in [1.807, 2.05) is 4.57 Å². The number of imidazole rings is 1. The Kier molecular flexibility index (Phi) is 5.42. The second-order valence-electron chi connectivity index (χ2n) is 4.71. The van der Waals surface area contributed by atoms with Crippen molar-refractivity contribution in [1.82, 2.24) is 9.55 Å². The van der Waals surface area contributed by atoms with Crippen molar-refractivity contribution in [2.45, 2.75) is 11.7 Å². The molecule has 1 aliphatic heterocycles. The van der Waals surface area contributed by atoms with Gasteiger partial charge >= 0.3 is 0 Å². The molecule has 1 aliphatic rings. The summed E-state index contributed by atoms with van der Waals surface area (Å²) in [5, 5.41) is 19.2. The van der Waals surface area contributed by atoms with Gasteiger partial charge in [-0.25, -0.2) is 4.98 Å². The van der Waals surface area contributed by atoms with Crippen molar-refractivity contribution in [2.75, 3.05) is 5.75 Å². The maximum Gasteiger partial charge on any atom is 0.270 e. The van der Waals surface area contributed by atoms with Crippen LogP contribution in [-0.2, 0) is 6.54 Å². The summed E-state index contributed by atoms with van der Waals surface area (Å²) >= 11 is 1.62. The van der Waals surface area contributed by atoms with E-state index in [1.165, 1.54) is 18.3 Å². The lowest BCUT2D eigenvalue weighted by Gasteiger charge is -2.02. The Labute approximate surface area is 147 Å². The molecule has 0 saturated heterocycles. The molecule has 1 aromatic heterocycles. The van der Waals surface area contributed by atoms with Gasteiger partial charge in [0, 0.05) is 30.0 Å². The first-order valence-electron chi connectivity index (χ1n) is 6.66. The van der Waals surface area contributed by atoms with Crippen molar-refractivity contribution in [1.29, 1.82) is 0 Å². The van der Waals surface area contributed by atoms with E-state index in [9.17, 15) is 10.1 Å². The van der Waals surface area contributed by atoms with Gasteiger partial charge in [-0.3, -0.25) is 10.1 Å². The molecule has 0 fully saturated rings. The number of nitro groups is 1. The van der Waals surface area contributed by atoms with Gasteiger partial charge < -0.3 is 16.0 Å². The highest BCUT2D eigenvalue weighted by molar-refractivity contribution is 7.99. The SMILES string of the molecule is Cl.NC(N)=N/N=C/c1c(-c2cccc([N+](=O)[O-])c2)nc2n1CCS2. The molecular formula is C13H14ClN7O2S. The molecule has 1 aromatic carbocycles. The predicted molar refractivity (Wildman–Crippen MR) is 95.7 cm³/mol. The average molecular weight is 368 g/mol. The lowest BCUT2D eigenvalue weighted by molar-refractivity contribution is -0.384. The summed E-state index contributed by atoms with van der Waals surface area (Å²) < 4.78 is 1.99. The summed E-state index contributed by atoms with van der Waals surface area (Å²) in [7, 11) is 0. The summed E-state index contributed by atoms with van der Waals surface area (Å²) in [6.45, 7) is 0.783. The number of aromatic nitrogens is 2. The number of guanidine groups is 1. The molecule has 11 heteroatoms. The Balaban J connectivity index is 0.00000208. The van der Waals surface area contributed by atoms with Crippen molar-refractivity contribution in [3.05, 3.63) is 40.1 Å². The van der Waals surface area contributed by atoms with Crippen LogP contribution < -0.4 is 11.5 Å². The van der Waals surface area contributed by atoms with Crippen LogP contribution in [0.5, 0.6) is 0 Å². The first-order valence-corrected chi connectivity index (χ1v) is 7.65. The van der Waals surface area contributed by atoms with Crippen LogP contribution in [0.25, 0.3) is 11.3 Å². The van der Waals surface area contributed by atoms with Gasteiger partial charge in [-0.15, -0.1) is 17.5 Å². The number of nitro benzene ring substituents is 1. The van der Waals surface area contributed by atoms with Crippen molar-refractivity contribution in [2.24, 2.45) is 21.7 Å². The number of hydrogen-bond acceptors (Lipinski definition) is 6. The second-order valence-corrected chi connectivity index (χ2v) is 5.77. The van der Waals surface area contributed by atoms with E-state index in [1.54, 1.807) is 23.9 Å². The monoisotopic (exact) mass is 367 g/mol. The minimum Gasteiger partial charge on any atom is -0.369 e. The van der Waals surface area contributed by atoms with Gasteiger partial charge in [0.2, 0.25) is 5.96 Å². The third-order valence-corrected chi connectivity index (χ3v) is 4.16. The van der Waals surface area contributed by atoms with E-state index in [4.69, 9.17) is 11.5 Å². The Morgan fingerprint density at radius 1 is 1.46 bits per heavy atom. The number of nitrogens with zero attached hydrogens (tertiary/aromatic N) is 5. The number of hydrogen-bond donors (Lipinski definition) is 2. The molecule has 3 rings (SSSR count). The molecule has 9 nitrogen and oxygen atoms in total. The molecule has 126 valence electrons. The number of benzene rings is 1. The number of halogens is 1. The van der Waals surface area contributed by atoms with E-state index < -0.39 is 4.92 Å². The Bertz CT molecular complexity index is 830. The first kappa shape index (κ1) is 17.8. The van der Waals surface area contributed by atoms with Crippen molar-refractivity contribution < 1.29 is 4.92 Å². The molecule has 0 aliphatic carbocycles. The summed E-state index contributed by atoms with van der Waals surface area (Å²) in [6.07, 6.45) is 1.51. The van der Waals surface area contributed by atoms with Gasteiger partial charge in [-0.1, -0.05) is 23.9 Å². The molecule has 0 spiro atoms. The topological polar surface area (TPSA) is 138 Å². The van der Waals surface area contributed by atoms with Gasteiger partial charge in [0.25, 0.3) is 5.69 Å². The van der Waals surface area contributed by atoms with Crippen molar-refractivity contribution in [3.63, 3.8) is 0 Å². The lowest BCUT2D eigenvalue weighted by atomic mass is 10.1. The standard InChI is InChI=1S/C13H13N7O2S.ClH/c14-12(15)18-16-7-10-11(17-13-19(10)4-5-23-13)8-2-1-3-9(6-8)20(21)22;/h1-3,6-7H,4-5H2,(H4,14,15,18);1H/b16-7+;. The van der Waals surface area contributed by atoms with E-state index in [0.29, 0.717) is 11.3 Å². The highest BCUT2D eigenvalue weighted by Gasteiger charge is 2.22. The molecule has 4 N–H and O–H groups in total. The fourth-order valence-corrected chi connectivity index (χ4v) is 3.22. The molecule has 0 atom stereocenters. The van der Waals surface area contributed by atoms with Gasteiger partial charge in [0.05, 0.1) is 22.5 Å². The molecule has 2 heterocycles. The minimum atomic E-state index is -0.435. The zero-order valence-electron chi connectivity index (χ0n) is 12.3. The predicted octanol–water partition coefficient (Wildman–Crippen LogP) is 1.59. The highest BCUT2D eigenvalue weighted by Crippen LogP contribution is 2.33. The van der Waals surface area contributed by atoms with Crippen LogP contribution in [0.3, 0.4) is 0 Å². The summed E-state index contributed by atoms with van der Waals surface area (Å²) in [4.78, 5) is 15.1. The zero-order chi connectivity index (χ0) is 16.4. The molecule has 0 amide bonds. The van der Waals surface area contributed by atoms with E-state index in [-0.39, 0.29) is 24.1 Å². The Morgan fingerprint density at radius 3 is 2.96 bits per heavy atom. The van der Waals surface area contributed by atoms with E-state index in [0.717, 1.165) is 23.1 Å². The van der Waals surface area contributed by atoms with Gasteiger partial charge in [0.1, 0.15) is 0 Å². The highest BCUT2D eigenvalue weighted by atomic mass is 35.5. The van der Waals surface area contributed by atoms with Gasteiger partial charge in [0.15, 0.2) is 5.16 Å². The first-order chi connectivity index (χ1) is 11.1. The lowest BCUT2D eigenvalue weighted by Crippen LogP contribution is -2.21. The van der Waals surface area contributed by atoms with Crippen LogP contribution in [0, 0.1) is 10.1 Å². The van der Waals surface area contributed by atoms with Crippen LogP contribution in [-0.4, -0.2) is 32.4 Å². The maximum absolute atomic E-state index is 11.0. The van der Waals surface area contributed by atoms with Crippen molar-refractivity contribution >= 4 is 42.0 Å². The summed E-state index contributed by atoms with van der Waals surface area (Å²) in [6, 6.07) is 6.32. The minimum absolute atomic E-state index is 0. The molecule has 0 unspecified atom stereocenters. The van der Waals surface area contributed by atoms with Crippen LogP contribution >= 0.6 is 24.2 Å². The fraction of sp³-hybridized carbons (Fsp3) is 0.154. The molecule has 0 bridgehead atoms. The smallest absolute Gasteiger partial charge is 0.270 e. The molecule has 24 heavy (non-hydrogen) atoms. The van der Waals surface area contributed by atoms with Crippen LogP contribution in [0.1, 0.15) is 5.69 Å². The molecule has 2 aromatic rings. The van der Waals surface area contributed by atoms with Gasteiger partial charge in [-0.2, -0.15) is 5.10 Å². The zero-order valence-corrected chi connectivity index (χ0v) is 14.0.